The molecule has 0 bridgehead atoms. The Labute approximate surface area is 205 Å². The highest BCUT2D eigenvalue weighted by Crippen LogP contribution is 2.37. The molecule has 4 aromatic rings. The number of phenols is 2. The van der Waals surface area contributed by atoms with Gasteiger partial charge in [-0.2, -0.15) is 0 Å². The molecule has 0 aliphatic heterocycles. The Hall–Kier alpha value is -4.63. The van der Waals surface area contributed by atoms with E-state index in [2.05, 4.69) is 10.6 Å². The zero-order valence-corrected chi connectivity index (χ0v) is 19.2. The first kappa shape index (κ1) is 23.5. The Kier molecular flexibility index (Phi) is 6.79. The van der Waals surface area contributed by atoms with Crippen LogP contribution in [0, 0.1) is 0 Å². The minimum absolute atomic E-state index is 0.0831. The lowest BCUT2D eigenvalue weighted by molar-refractivity contribution is 0.101. The fraction of sp³-hybridized carbons (Fsp3) is 0. The van der Waals surface area contributed by atoms with Crippen LogP contribution < -0.4 is 22.1 Å². The van der Waals surface area contributed by atoms with E-state index in [0.717, 1.165) is 9.79 Å². The Bertz CT molecular complexity index is 1280. The number of amides is 2. The van der Waals surface area contributed by atoms with Gasteiger partial charge in [-0.1, -0.05) is 11.8 Å². The fourth-order valence-electron chi connectivity index (χ4n) is 3.15. The van der Waals surface area contributed by atoms with Crippen LogP contribution in [0.15, 0.2) is 94.7 Å². The molecule has 0 atom stereocenters. The molecule has 0 aliphatic rings. The number of aromatic hydroxyl groups is 2. The van der Waals surface area contributed by atoms with Gasteiger partial charge in [0.05, 0.1) is 11.4 Å². The molecule has 8 N–H and O–H groups in total. The first-order chi connectivity index (χ1) is 16.8. The number of carbonyl (C=O) groups excluding carboxylic acids is 2. The number of nitrogens with one attached hydrogen (secondary N) is 2. The fourth-order valence-corrected chi connectivity index (χ4v) is 4.05. The molecule has 0 fully saturated rings. The smallest absolute Gasteiger partial charge is 0.255 e. The standard InChI is InChI=1S/C26H22N4O4S/c27-17-5-1-15(2-6-17)25(33)29-21-13-19(9-11-23(21)31)35-20-10-12-24(32)22(14-20)30-26(34)16-3-7-18(28)8-4-16/h1-14,31-32H,27-28H2,(H,29,33)(H,30,34). The summed E-state index contributed by atoms with van der Waals surface area (Å²) < 4.78 is 0. The van der Waals surface area contributed by atoms with Crippen LogP contribution in [0.1, 0.15) is 20.7 Å². The molecule has 0 heterocycles. The first-order valence-electron chi connectivity index (χ1n) is 10.5. The number of nitrogen functional groups attached to an aromatic ring is 2. The molecule has 176 valence electrons. The molecule has 0 spiro atoms. The lowest BCUT2D eigenvalue weighted by Crippen LogP contribution is -2.12. The van der Waals surface area contributed by atoms with Gasteiger partial charge in [-0.15, -0.1) is 0 Å². The molecule has 8 nitrogen and oxygen atoms in total. The highest BCUT2D eigenvalue weighted by atomic mass is 32.2. The van der Waals surface area contributed by atoms with E-state index in [-0.39, 0.29) is 34.7 Å². The van der Waals surface area contributed by atoms with Crippen molar-refractivity contribution in [3.63, 3.8) is 0 Å². The molecule has 0 unspecified atom stereocenters. The summed E-state index contributed by atoms with van der Waals surface area (Å²) in [7, 11) is 0. The van der Waals surface area contributed by atoms with Crippen LogP contribution in [-0.4, -0.2) is 22.0 Å². The Morgan fingerprint density at radius 3 is 1.34 bits per heavy atom. The lowest BCUT2D eigenvalue weighted by atomic mass is 10.2. The molecule has 35 heavy (non-hydrogen) atoms. The maximum Gasteiger partial charge on any atom is 0.255 e. The summed E-state index contributed by atoms with van der Waals surface area (Å²) >= 11 is 1.33. The van der Waals surface area contributed by atoms with Crippen molar-refractivity contribution >= 4 is 46.3 Å². The van der Waals surface area contributed by atoms with E-state index in [4.69, 9.17) is 11.5 Å². The van der Waals surface area contributed by atoms with Crippen LogP contribution >= 0.6 is 11.8 Å². The maximum absolute atomic E-state index is 12.5. The van der Waals surface area contributed by atoms with Gasteiger partial charge >= 0.3 is 0 Å². The van der Waals surface area contributed by atoms with Gasteiger partial charge in [-0.05, 0) is 84.9 Å². The monoisotopic (exact) mass is 486 g/mol. The Morgan fingerprint density at radius 1 is 0.600 bits per heavy atom. The summed E-state index contributed by atoms with van der Waals surface area (Å²) in [6, 6.07) is 22.5. The molecule has 0 saturated carbocycles. The maximum atomic E-state index is 12.5. The van der Waals surface area contributed by atoms with Crippen LogP contribution in [0.5, 0.6) is 11.5 Å². The van der Waals surface area contributed by atoms with Crippen molar-refractivity contribution < 1.29 is 19.8 Å². The predicted octanol–water partition coefficient (Wildman–Crippen LogP) is 4.92. The van der Waals surface area contributed by atoms with E-state index in [1.807, 2.05) is 0 Å². The number of phenolic OH excluding ortho intramolecular Hbond substituents is 2. The summed E-state index contributed by atoms with van der Waals surface area (Å²) in [6.07, 6.45) is 0. The minimum atomic E-state index is -0.389. The van der Waals surface area contributed by atoms with Gasteiger partial charge in [0.2, 0.25) is 0 Å². The molecule has 4 rings (SSSR count). The molecule has 2 amide bonds. The van der Waals surface area contributed by atoms with Gasteiger partial charge in [0.25, 0.3) is 11.8 Å². The number of carbonyl (C=O) groups is 2. The van der Waals surface area contributed by atoms with E-state index in [1.54, 1.807) is 72.8 Å². The Morgan fingerprint density at radius 2 is 0.971 bits per heavy atom. The van der Waals surface area contributed by atoms with Crippen molar-refractivity contribution in [1.29, 1.82) is 0 Å². The van der Waals surface area contributed by atoms with E-state index < -0.39 is 0 Å². The van der Waals surface area contributed by atoms with Gasteiger partial charge < -0.3 is 32.3 Å². The molecule has 0 aromatic heterocycles. The summed E-state index contributed by atoms with van der Waals surface area (Å²) in [4.78, 5) is 26.5. The third-order valence-electron chi connectivity index (χ3n) is 5.01. The third kappa shape index (κ3) is 5.84. The highest BCUT2D eigenvalue weighted by molar-refractivity contribution is 7.99. The van der Waals surface area contributed by atoms with Gasteiger partial charge in [0, 0.05) is 32.3 Å². The molecule has 0 aliphatic carbocycles. The zero-order chi connectivity index (χ0) is 24.9. The normalized spacial score (nSPS) is 10.5. The second-order valence-electron chi connectivity index (χ2n) is 7.61. The summed E-state index contributed by atoms with van der Waals surface area (Å²) in [5.41, 5.74) is 13.7. The number of anilines is 4. The summed E-state index contributed by atoms with van der Waals surface area (Å²) in [5.74, 6) is -0.944. The number of hydrogen-bond acceptors (Lipinski definition) is 7. The van der Waals surface area contributed by atoms with Crippen LogP contribution in [0.2, 0.25) is 0 Å². The van der Waals surface area contributed by atoms with Crippen LogP contribution in [0.3, 0.4) is 0 Å². The molecule has 0 saturated heterocycles. The molecule has 4 aromatic carbocycles. The topological polar surface area (TPSA) is 151 Å². The minimum Gasteiger partial charge on any atom is -0.506 e. The second kappa shape index (κ2) is 10.1. The van der Waals surface area contributed by atoms with Crippen molar-refractivity contribution in [2.45, 2.75) is 9.79 Å². The van der Waals surface area contributed by atoms with Crippen LogP contribution in [-0.2, 0) is 0 Å². The van der Waals surface area contributed by atoms with Crippen LogP contribution in [0.25, 0.3) is 0 Å². The molecule has 9 heteroatoms. The Balaban J connectivity index is 1.50. The van der Waals surface area contributed by atoms with Crippen molar-refractivity contribution in [1.82, 2.24) is 0 Å². The number of hydrogen-bond donors (Lipinski definition) is 6. The van der Waals surface area contributed by atoms with Gasteiger partial charge in [0.1, 0.15) is 11.5 Å². The molecule has 0 radical (unpaired) electrons. The highest BCUT2D eigenvalue weighted by Gasteiger charge is 2.13. The molecular weight excluding hydrogens is 464 g/mol. The average Bonchev–Trinajstić information content (AvgIpc) is 2.84. The number of rotatable bonds is 6. The van der Waals surface area contributed by atoms with Crippen LogP contribution in [0.4, 0.5) is 22.7 Å². The van der Waals surface area contributed by atoms with Crippen molar-refractivity contribution in [3.05, 3.63) is 96.1 Å². The largest absolute Gasteiger partial charge is 0.506 e. The SMILES string of the molecule is Nc1ccc(C(=O)Nc2cc(Sc3ccc(O)c(NC(=O)c4ccc(N)cc4)c3)ccc2O)cc1. The lowest BCUT2D eigenvalue weighted by Gasteiger charge is -2.12. The van der Waals surface area contributed by atoms with Gasteiger partial charge in [-0.3, -0.25) is 9.59 Å². The third-order valence-corrected chi connectivity index (χ3v) is 5.99. The number of nitrogens with two attached hydrogens (primary N) is 2. The van der Waals surface area contributed by atoms with Crippen molar-refractivity contribution in [3.8, 4) is 11.5 Å². The summed E-state index contributed by atoms with van der Waals surface area (Å²) in [5, 5.41) is 25.8. The van der Waals surface area contributed by atoms with Gasteiger partial charge in [0.15, 0.2) is 0 Å². The van der Waals surface area contributed by atoms with Gasteiger partial charge in [-0.25, -0.2) is 0 Å². The van der Waals surface area contributed by atoms with Crippen molar-refractivity contribution in [2.24, 2.45) is 0 Å². The van der Waals surface area contributed by atoms with E-state index >= 15 is 0 Å². The molecular formula is C26H22N4O4S. The zero-order valence-electron chi connectivity index (χ0n) is 18.4. The quantitative estimate of drug-likeness (QED) is 0.167. The number of benzene rings is 4. The first-order valence-corrected chi connectivity index (χ1v) is 11.3. The van der Waals surface area contributed by atoms with E-state index in [9.17, 15) is 19.8 Å². The average molecular weight is 487 g/mol. The van der Waals surface area contributed by atoms with E-state index in [0.29, 0.717) is 22.5 Å². The van der Waals surface area contributed by atoms with E-state index in [1.165, 1.54) is 23.9 Å². The van der Waals surface area contributed by atoms with Crippen molar-refractivity contribution in [2.75, 3.05) is 22.1 Å². The second-order valence-corrected chi connectivity index (χ2v) is 8.76. The summed E-state index contributed by atoms with van der Waals surface area (Å²) in [6.45, 7) is 0. The predicted molar refractivity (Wildman–Crippen MR) is 138 cm³/mol.